The van der Waals surface area contributed by atoms with Gasteiger partial charge in [-0.2, -0.15) is 4.31 Å². The average molecular weight is 452 g/mol. The Bertz CT molecular complexity index is 1290. The van der Waals surface area contributed by atoms with Gasteiger partial charge >= 0.3 is 0 Å². The number of carbonyl (C=O) groups excluding carboxylic acids is 1. The number of benzene rings is 2. The number of nitrogens with zero attached hydrogens (tertiary/aromatic N) is 2. The van der Waals surface area contributed by atoms with Crippen molar-refractivity contribution in [2.45, 2.75) is 38.0 Å². The van der Waals surface area contributed by atoms with E-state index < -0.39 is 15.9 Å². The molecule has 1 aliphatic heterocycles. The van der Waals surface area contributed by atoms with E-state index in [0.717, 1.165) is 12.1 Å². The summed E-state index contributed by atoms with van der Waals surface area (Å²) >= 11 is 0. The van der Waals surface area contributed by atoms with Crippen LogP contribution in [-0.4, -0.2) is 36.9 Å². The van der Waals surface area contributed by atoms with Crippen LogP contribution in [-0.2, 0) is 21.2 Å². The third-order valence-corrected chi connectivity index (χ3v) is 8.49. The van der Waals surface area contributed by atoms with Gasteiger partial charge in [-0.25, -0.2) is 8.42 Å². The Morgan fingerprint density at radius 1 is 1.12 bits per heavy atom. The Morgan fingerprint density at radius 2 is 1.91 bits per heavy atom. The molecule has 7 nitrogen and oxygen atoms in total. The molecule has 1 atom stereocenters. The van der Waals surface area contributed by atoms with Crippen LogP contribution in [0.5, 0.6) is 0 Å². The maximum atomic E-state index is 13.1. The number of nitrogens with one attached hydrogen (secondary N) is 1. The summed E-state index contributed by atoms with van der Waals surface area (Å²) in [6.07, 6.45) is 2.12. The molecule has 1 N–H and O–H groups in total. The number of fused-ring (bicyclic) bond motifs is 3. The molecule has 1 unspecified atom stereocenters. The van der Waals surface area contributed by atoms with Gasteiger partial charge in [0.05, 0.1) is 5.92 Å². The third-order valence-electron chi connectivity index (χ3n) is 6.38. The fraction of sp³-hybridized carbons (Fsp3) is 0.333. The lowest BCUT2D eigenvalue weighted by atomic mass is 9.98. The highest BCUT2D eigenvalue weighted by atomic mass is 32.2. The van der Waals surface area contributed by atoms with Crippen LogP contribution in [0.4, 0.5) is 5.69 Å². The molecule has 3 aromatic rings. The van der Waals surface area contributed by atoms with Crippen LogP contribution in [0.3, 0.4) is 0 Å². The lowest BCUT2D eigenvalue weighted by Gasteiger charge is -2.31. The monoisotopic (exact) mass is 451 g/mol. The molecule has 32 heavy (non-hydrogen) atoms. The number of rotatable bonds is 4. The molecule has 1 amide bonds. The van der Waals surface area contributed by atoms with Crippen LogP contribution >= 0.6 is 0 Å². The van der Waals surface area contributed by atoms with Crippen LogP contribution in [0.15, 0.2) is 51.9 Å². The van der Waals surface area contributed by atoms with E-state index in [-0.39, 0.29) is 23.1 Å². The van der Waals surface area contributed by atoms with E-state index in [4.69, 9.17) is 4.52 Å². The largest absolute Gasteiger partial charge is 0.360 e. The molecule has 1 fully saturated rings. The Hall–Kier alpha value is -2.97. The molecule has 1 aromatic heterocycles. The van der Waals surface area contributed by atoms with Gasteiger partial charge in [-0.15, -0.1) is 0 Å². The predicted molar refractivity (Wildman–Crippen MR) is 121 cm³/mol. The minimum atomic E-state index is -3.76. The molecule has 0 bridgehead atoms. The minimum Gasteiger partial charge on any atom is -0.360 e. The second-order valence-corrected chi connectivity index (χ2v) is 10.4. The summed E-state index contributed by atoms with van der Waals surface area (Å²) in [5.74, 6) is -0.295. The number of aromatic nitrogens is 1. The van der Waals surface area contributed by atoms with Gasteiger partial charge in [0.1, 0.15) is 10.6 Å². The first kappa shape index (κ1) is 20.9. The highest BCUT2D eigenvalue weighted by Gasteiger charge is 2.36. The molecule has 8 heteroatoms. The third kappa shape index (κ3) is 3.53. The number of sulfonamides is 1. The summed E-state index contributed by atoms with van der Waals surface area (Å²) in [6, 6.07) is 14.3. The van der Waals surface area contributed by atoms with Gasteiger partial charge in [0, 0.05) is 18.8 Å². The van der Waals surface area contributed by atoms with Gasteiger partial charge in [-0.05, 0) is 67.5 Å². The Kier molecular flexibility index (Phi) is 5.14. The molecule has 2 aromatic carbocycles. The predicted octanol–water partition coefficient (Wildman–Crippen LogP) is 3.90. The van der Waals surface area contributed by atoms with Crippen molar-refractivity contribution < 1.29 is 17.7 Å². The summed E-state index contributed by atoms with van der Waals surface area (Å²) < 4.78 is 32.7. The number of hydrogen-bond acceptors (Lipinski definition) is 5. The smallest absolute Gasteiger partial charge is 0.248 e. The summed E-state index contributed by atoms with van der Waals surface area (Å²) in [5, 5.41) is 6.78. The standard InChI is InChI=1S/C24H25N3O4S/c1-15-23(16(2)31-26-15)32(29,30)27-11-5-7-18(14-27)24(28)25-20-9-10-22-19(13-20)12-17-6-3-4-8-21(17)22/h3-4,6,8-10,13,18H,5,7,11-12,14H2,1-2H3,(H,25,28). The van der Waals surface area contributed by atoms with Gasteiger partial charge in [-0.3, -0.25) is 4.79 Å². The van der Waals surface area contributed by atoms with Gasteiger partial charge < -0.3 is 9.84 Å². The molecule has 0 spiro atoms. The first-order valence-corrected chi connectivity index (χ1v) is 12.2. The molecule has 166 valence electrons. The zero-order chi connectivity index (χ0) is 22.5. The van der Waals surface area contributed by atoms with Crippen molar-refractivity contribution in [3.63, 3.8) is 0 Å². The van der Waals surface area contributed by atoms with Crippen LogP contribution in [0.25, 0.3) is 11.1 Å². The van der Waals surface area contributed by atoms with E-state index in [2.05, 4.69) is 22.6 Å². The Labute approximate surface area is 187 Å². The maximum Gasteiger partial charge on any atom is 0.248 e. The SMILES string of the molecule is Cc1noc(C)c1S(=O)(=O)N1CCCC(C(=O)Nc2ccc3c(c2)Cc2ccccc2-3)C1. The lowest BCUT2D eigenvalue weighted by Crippen LogP contribution is -2.43. The average Bonchev–Trinajstić information content (AvgIpc) is 3.32. The van der Waals surface area contributed by atoms with Gasteiger partial charge in [0.25, 0.3) is 0 Å². The fourth-order valence-corrected chi connectivity index (χ4v) is 6.63. The highest BCUT2D eigenvalue weighted by molar-refractivity contribution is 7.89. The first-order valence-electron chi connectivity index (χ1n) is 10.8. The van der Waals surface area contributed by atoms with Crippen molar-refractivity contribution in [2.75, 3.05) is 18.4 Å². The normalized spacial score (nSPS) is 18.2. The number of carbonyl (C=O) groups is 1. The van der Waals surface area contributed by atoms with E-state index in [9.17, 15) is 13.2 Å². The Morgan fingerprint density at radius 3 is 2.69 bits per heavy atom. The molecule has 0 saturated carbocycles. The summed E-state index contributed by atoms with van der Waals surface area (Å²) in [7, 11) is -3.76. The molecule has 5 rings (SSSR count). The van der Waals surface area contributed by atoms with E-state index >= 15 is 0 Å². The molecule has 2 heterocycles. The highest BCUT2D eigenvalue weighted by Crippen LogP contribution is 2.37. The van der Waals surface area contributed by atoms with Gasteiger partial charge in [-0.1, -0.05) is 35.5 Å². The number of hydrogen-bond donors (Lipinski definition) is 1. The van der Waals surface area contributed by atoms with Crippen molar-refractivity contribution in [1.82, 2.24) is 9.46 Å². The zero-order valence-electron chi connectivity index (χ0n) is 18.1. The maximum absolute atomic E-state index is 13.1. The van der Waals surface area contributed by atoms with Crippen molar-refractivity contribution in [2.24, 2.45) is 5.92 Å². The lowest BCUT2D eigenvalue weighted by molar-refractivity contribution is -0.120. The van der Waals surface area contributed by atoms with E-state index in [0.29, 0.717) is 25.1 Å². The molecule has 2 aliphatic rings. The molecular weight excluding hydrogens is 426 g/mol. The zero-order valence-corrected chi connectivity index (χ0v) is 18.9. The minimum absolute atomic E-state index is 0.108. The molecular formula is C24H25N3O4S. The molecule has 1 saturated heterocycles. The summed E-state index contributed by atoms with van der Waals surface area (Å²) in [6.45, 7) is 3.73. The van der Waals surface area contributed by atoms with Crippen LogP contribution in [0.1, 0.15) is 35.4 Å². The van der Waals surface area contributed by atoms with Gasteiger partial charge in [0.15, 0.2) is 5.76 Å². The topological polar surface area (TPSA) is 92.5 Å². The van der Waals surface area contributed by atoms with E-state index in [1.807, 2.05) is 30.3 Å². The van der Waals surface area contributed by atoms with Gasteiger partial charge in [0.2, 0.25) is 15.9 Å². The van der Waals surface area contributed by atoms with E-state index in [1.165, 1.54) is 26.6 Å². The van der Waals surface area contributed by atoms with E-state index in [1.54, 1.807) is 13.8 Å². The van der Waals surface area contributed by atoms with Crippen molar-refractivity contribution >= 4 is 21.6 Å². The van der Waals surface area contributed by atoms with Crippen molar-refractivity contribution in [3.05, 3.63) is 65.0 Å². The summed E-state index contributed by atoms with van der Waals surface area (Å²) in [5.41, 5.74) is 6.01. The number of piperidine rings is 1. The Balaban J connectivity index is 1.31. The second-order valence-electron chi connectivity index (χ2n) is 8.55. The second kappa shape index (κ2) is 7.86. The number of aryl methyl sites for hydroxylation is 2. The number of anilines is 1. The van der Waals surface area contributed by atoms with Crippen LogP contribution < -0.4 is 5.32 Å². The van der Waals surface area contributed by atoms with Crippen LogP contribution in [0, 0.1) is 19.8 Å². The number of amides is 1. The molecule has 0 radical (unpaired) electrons. The quantitative estimate of drug-likeness (QED) is 0.508. The first-order chi connectivity index (χ1) is 15.3. The van der Waals surface area contributed by atoms with Crippen molar-refractivity contribution in [1.29, 1.82) is 0 Å². The summed E-state index contributed by atoms with van der Waals surface area (Å²) in [4.78, 5) is 13.1. The fourth-order valence-electron chi connectivity index (χ4n) is 4.81. The molecule has 1 aliphatic carbocycles. The van der Waals surface area contributed by atoms with Crippen LogP contribution in [0.2, 0.25) is 0 Å². The van der Waals surface area contributed by atoms with Crippen molar-refractivity contribution in [3.8, 4) is 11.1 Å².